The second-order valence-corrected chi connectivity index (χ2v) is 3.24. The highest BCUT2D eigenvalue weighted by molar-refractivity contribution is 4.59. The van der Waals surface area contributed by atoms with Crippen molar-refractivity contribution >= 4 is 0 Å². The Morgan fingerprint density at radius 2 is 1.64 bits per heavy atom. The van der Waals surface area contributed by atoms with Crippen LogP contribution >= 0.6 is 0 Å². The quantitative estimate of drug-likeness (QED) is 0.615. The molecule has 3 heteroatoms. The lowest BCUT2D eigenvalue weighted by Gasteiger charge is -2.14. The van der Waals surface area contributed by atoms with Gasteiger partial charge in [0.1, 0.15) is 6.10 Å². The van der Waals surface area contributed by atoms with Crippen LogP contribution in [0.4, 0.5) is 0 Å². The van der Waals surface area contributed by atoms with E-state index < -0.39 is 12.2 Å². The van der Waals surface area contributed by atoms with Crippen molar-refractivity contribution in [2.75, 3.05) is 13.2 Å². The molecular weight excluding hydrogens is 144 g/mol. The summed E-state index contributed by atoms with van der Waals surface area (Å²) in [6.45, 7) is 6.46. The first kappa shape index (κ1) is 10.9. The molecule has 0 radical (unpaired) electrons. The normalized spacial score (nSPS) is 16.9. The van der Waals surface area contributed by atoms with E-state index in [4.69, 9.17) is 14.9 Å². The number of hydrogen-bond acceptors (Lipinski definition) is 3. The topological polar surface area (TPSA) is 49.7 Å². The second-order valence-electron chi connectivity index (χ2n) is 3.24. The van der Waals surface area contributed by atoms with Crippen LogP contribution in [-0.4, -0.2) is 35.6 Å². The molecule has 2 N–H and O–H groups in total. The summed E-state index contributed by atoms with van der Waals surface area (Å²) >= 11 is 0. The maximum absolute atomic E-state index is 9.06. The molecular formula is C8H18O3. The predicted octanol–water partition coefficient (Wildman–Crippen LogP) is 0.401. The zero-order valence-electron chi connectivity index (χ0n) is 7.45. The molecule has 3 nitrogen and oxygen atoms in total. The first-order valence-corrected chi connectivity index (χ1v) is 3.98. The fourth-order valence-corrected chi connectivity index (χ4v) is 0.564. The molecule has 68 valence electrons. The Morgan fingerprint density at radius 1 is 1.09 bits per heavy atom. The molecule has 0 aromatic heterocycles. The third-order valence-corrected chi connectivity index (χ3v) is 1.30. The molecule has 2 unspecified atom stereocenters. The van der Waals surface area contributed by atoms with Crippen LogP contribution < -0.4 is 0 Å². The molecule has 0 fully saturated rings. The number of aliphatic hydroxyl groups excluding tert-OH is 2. The molecule has 2 atom stereocenters. The van der Waals surface area contributed by atoms with Gasteiger partial charge in [-0.25, -0.2) is 0 Å². The maximum atomic E-state index is 9.06. The van der Waals surface area contributed by atoms with Crippen LogP contribution in [0.25, 0.3) is 0 Å². The zero-order valence-corrected chi connectivity index (χ0v) is 7.45. The molecule has 0 spiro atoms. The van der Waals surface area contributed by atoms with E-state index in [0.717, 1.165) is 0 Å². The van der Waals surface area contributed by atoms with Crippen LogP contribution in [0.5, 0.6) is 0 Å². The fraction of sp³-hybridized carbons (Fsp3) is 1.00. The van der Waals surface area contributed by atoms with Crippen LogP contribution in [0.1, 0.15) is 20.8 Å². The highest BCUT2D eigenvalue weighted by atomic mass is 16.5. The molecule has 0 saturated heterocycles. The van der Waals surface area contributed by atoms with Crippen LogP contribution in [0.2, 0.25) is 0 Å². The number of aliphatic hydroxyl groups is 2. The van der Waals surface area contributed by atoms with Crippen LogP contribution in [-0.2, 0) is 4.74 Å². The van der Waals surface area contributed by atoms with Gasteiger partial charge in [-0.15, -0.1) is 0 Å². The lowest BCUT2D eigenvalue weighted by atomic mass is 10.2. The lowest BCUT2D eigenvalue weighted by molar-refractivity contribution is -0.0353. The smallest absolute Gasteiger partial charge is 0.103 e. The molecule has 0 saturated carbocycles. The Balaban J connectivity index is 3.24. The van der Waals surface area contributed by atoms with Crippen molar-refractivity contribution in [1.82, 2.24) is 0 Å². The van der Waals surface area contributed by atoms with Gasteiger partial charge in [0.25, 0.3) is 0 Å². The van der Waals surface area contributed by atoms with Gasteiger partial charge in [-0.05, 0) is 12.8 Å². The van der Waals surface area contributed by atoms with E-state index in [2.05, 4.69) is 0 Å². The highest BCUT2D eigenvalue weighted by Gasteiger charge is 2.10. The van der Waals surface area contributed by atoms with E-state index >= 15 is 0 Å². The summed E-state index contributed by atoms with van der Waals surface area (Å²) in [5.41, 5.74) is 0. The van der Waals surface area contributed by atoms with Gasteiger partial charge in [-0.1, -0.05) is 13.8 Å². The largest absolute Gasteiger partial charge is 0.391 e. The Labute approximate surface area is 68.0 Å². The monoisotopic (exact) mass is 162 g/mol. The van der Waals surface area contributed by atoms with Gasteiger partial charge < -0.3 is 14.9 Å². The van der Waals surface area contributed by atoms with E-state index in [0.29, 0.717) is 12.5 Å². The SMILES string of the molecule is CC(C)COCC(O)C(C)O. The molecule has 0 amide bonds. The molecule has 0 rings (SSSR count). The van der Waals surface area contributed by atoms with E-state index in [1.54, 1.807) is 6.92 Å². The Kier molecular flexibility index (Phi) is 5.46. The second kappa shape index (κ2) is 5.52. The maximum Gasteiger partial charge on any atom is 0.103 e. The van der Waals surface area contributed by atoms with Crippen LogP contribution in [0.3, 0.4) is 0 Å². The average Bonchev–Trinajstić information content (AvgIpc) is 1.86. The number of rotatable bonds is 5. The first-order valence-electron chi connectivity index (χ1n) is 3.98. The van der Waals surface area contributed by atoms with E-state index in [-0.39, 0.29) is 6.61 Å². The van der Waals surface area contributed by atoms with Gasteiger partial charge in [-0.2, -0.15) is 0 Å². The minimum Gasteiger partial charge on any atom is -0.391 e. The molecule has 0 aliphatic carbocycles. The molecule has 0 bridgehead atoms. The van der Waals surface area contributed by atoms with Crippen molar-refractivity contribution in [3.05, 3.63) is 0 Å². The summed E-state index contributed by atoms with van der Waals surface area (Å²) < 4.78 is 5.11. The van der Waals surface area contributed by atoms with E-state index in [1.807, 2.05) is 13.8 Å². The number of hydrogen-bond donors (Lipinski definition) is 2. The summed E-state index contributed by atoms with van der Waals surface area (Å²) in [4.78, 5) is 0. The zero-order chi connectivity index (χ0) is 8.85. The Morgan fingerprint density at radius 3 is 2.00 bits per heavy atom. The fourth-order valence-electron chi connectivity index (χ4n) is 0.564. The number of ether oxygens (including phenoxy) is 1. The lowest BCUT2D eigenvalue weighted by Crippen LogP contribution is -2.28. The summed E-state index contributed by atoms with van der Waals surface area (Å²) in [6, 6.07) is 0. The first-order chi connectivity index (χ1) is 5.04. The molecule has 0 aromatic carbocycles. The van der Waals surface area contributed by atoms with Crippen molar-refractivity contribution in [2.24, 2.45) is 5.92 Å². The van der Waals surface area contributed by atoms with Gasteiger partial charge in [0.05, 0.1) is 12.7 Å². The van der Waals surface area contributed by atoms with Gasteiger partial charge in [0, 0.05) is 6.61 Å². The van der Waals surface area contributed by atoms with Crippen molar-refractivity contribution in [2.45, 2.75) is 33.0 Å². The molecule has 11 heavy (non-hydrogen) atoms. The van der Waals surface area contributed by atoms with Crippen molar-refractivity contribution in [3.8, 4) is 0 Å². The molecule has 0 heterocycles. The predicted molar refractivity (Wildman–Crippen MR) is 43.3 cm³/mol. The van der Waals surface area contributed by atoms with Gasteiger partial charge in [0.15, 0.2) is 0 Å². The third-order valence-electron chi connectivity index (χ3n) is 1.30. The minimum absolute atomic E-state index is 0.218. The van der Waals surface area contributed by atoms with Crippen LogP contribution in [0, 0.1) is 5.92 Å². The highest BCUT2D eigenvalue weighted by Crippen LogP contribution is 1.96. The average molecular weight is 162 g/mol. The van der Waals surface area contributed by atoms with E-state index in [9.17, 15) is 0 Å². The summed E-state index contributed by atoms with van der Waals surface area (Å²) in [6.07, 6.45) is -1.46. The third kappa shape index (κ3) is 6.28. The Bertz CT molecular complexity index is 91.3. The van der Waals surface area contributed by atoms with Crippen molar-refractivity contribution in [1.29, 1.82) is 0 Å². The van der Waals surface area contributed by atoms with Gasteiger partial charge >= 0.3 is 0 Å². The molecule has 0 aliphatic rings. The van der Waals surface area contributed by atoms with Crippen molar-refractivity contribution in [3.63, 3.8) is 0 Å². The van der Waals surface area contributed by atoms with Crippen molar-refractivity contribution < 1.29 is 14.9 Å². The minimum atomic E-state index is -0.756. The van der Waals surface area contributed by atoms with Gasteiger partial charge in [-0.3, -0.25) is 0 Å². The van der Waals surface area contributed by atoms with Gasteiger partial charge in [0.2, 0.25) is 0 Å². The molecule has 0 aliphatic heterocycles. The summed E-state index contributed by atoms with van der Waals surface area (Å²) in [5, 5.41) is 17.9. The summed E-state index contributed by atoms with van der Waals surface area (Å²) in [7, 11) is 0. The van der Waals surface area contributed by atoms with Crippen LogP contribution in [0.15, 0.2) is 0 Å². The Hall–Kier alpha value is -0.120. The molecule has 0 aromatic rings. The summed E-state index contributed by atoms with van der Waals surface area (Å²) in [5.74, 6) is 0.469. The van der Waals surface area contributed by atoms with E-state index in [1.165, 1.54) is 0 Å². The standard InChI is InChI=1S/C8H18O3/c1-6(2)4-11-5-8(10)7(3)9/h6-10H,4-5H2,1-3H3.